The van der Waals surface area contributed by atoms with E-state index in [0.29, 0.717) is 15.7 Å². The highest BCUT2D eigenvalue weighted by molar-refractivity contribution is 6.35. The van der Waals surface area contributed by atoms with E-state index in [1.807, 2.05) is 0 Å². The predicted octanol–water partition coefficient (Wildman–Crippen LogP) is 5.07. The van der Waals surface area contributed by atoms with Crippen LogP contribution in [0.1, 0.15) is 33.1 Å². The van der Waals surface area contributed by atoms with Crippen LogP contribution in [0.3, 0.4) is 0 Å². The van der Waals surface area contributed by atoms with Crippen LogP contribution in [-0.4, -0.2) is 5.91 Å². The number of anilines is 1. The summed E-state index contributed by atoms with van der Waals surface area (Å²) >= 11 is 11.8. The molecule has 1 unspecified atom stereocenters. The van der Waals surface area contributed by atoms with E-state index >= 15 is 0 Å². The molecule has 2 nitrogen and oxygen atoms in total. The molecule has 1 aliphatic carbocycles. The van der Waals surface area contributed by atoms with Gasteiger partial charge in [-0.3, -0.25) is 4.79 Å². The summed E-state index contributed by atoms with van der Waals surface area (Å²) in [5, 5.41) is 3.95. The summed E-state index contributed by atoms with van der Waals surface area (Å²) in [6.45, 7) is 4.24. The molecule has 1 aromatic rings. The molecule has 0 bridgehead atoms. The second-order valence-corrected chi connectivity index (χ2v) is 6.02. The smallest absolute Gasteiger partial charge is 0.227 e. The van der Waals surface area contributed by atoms with Crippen molar-refractivity contribution in [3.05, 3.63) is 39.4 Å². The fourth-order valence-electron chi connectivity index (χ4n) is 2.34. The normalized spacial score (nSPS) is 19.5. The summed E-state index contributed by atoms with van der Waals surface area (Å²) in [5.74, 6) is 0.0895. The van der Waals surface area contributed by atoms with Crippen molar-refractivity contribution in [2.45, 2.75) is 33.1 Å². The predicted molar refractivity (Wildman–Crippen MR) is 80.8 cm³/mol. The molecule has 0 saturated heterocycles. The van der Waals surface area contributed by atoms with Crippen LogP contribution in [0, 0.1) is 5.92 Å². The Morgan fingerprint density at radius 1 is 1.16 bits per heavy atom. The van der Waals surface area contributed by atoms with E-state index in [1.165, 1.54) is 11.1 Å². The number of rotatable bonds is 2. The molecule has 0 aromatic heterocycles. The largest absolute Gasteiger partial charge is 0.326 e. The van der Waals surface area contributed by atoms with Crippen molar-refractivity contribution >= 4 is 34.8 Å². The Bertz CT molecular complexity index is 517. The number of hydrogen-bond acceptors (Lipinski definition) is 1. The zero-order valence-corrected chi connectivity index (χ0v) is 12.6. The third-order valence-electron chi connectivity index (χ3n) is 3.65. The highest BCUT2D eigenvalue weighted by Gasteiger charge is 2.23. The molecule has 2 rings (SSSR count). The van der Waals surface area contributed by atoms with E-state index in [4.69, 9.17) is 23.2 Å². The first-order valence-corrected chi connectivity index (χ1v) is 7.13. The maximum Gasteiger partial charge on any atom is 0.227 e. The van der Waals surface area contributed by atoms with Crippen LogP contribution in [0.15, 0.2) is 29.3 Å². The fourth-order valence-corrected chi connectivity index (χ4v) is 2.87. The van der Waals surface area contributed by atoms with Gasteiger partial charge in [-0.2, -0.15) is 0 Å². The van der Waals surface area contributed by atoms with E-state index < -0.39 is 0 Å². The highest BCUT2D eigenvalue weighted by atomic mass is 35.5. The first kappa shape index (κ1) is 14.4. The van der Waals surface area contributed by atoms with Crippen molar-refractivity contribution in [1.82, 2.24) is 0 Å². The van der Waals surface area contributed by atoms with Gasteiger partial charge in [0.25, 0.3) is 0 Å². The van der Waals surface area contributed by atoms with Crippen LogP contribution in [0.5, 0.6) is 0 Å². The van der Waals surface area contributed by atoms with Gasteiger partial charge in [0.15, 0.2) is 0 Å². The maximum absolute atomic E-state index is 12.2. The molecule has 1 atom stereocenters. The summed E-state index contributed by atoms with van der Waals surface area (Å²) in [5.41, 5.74) is 3.40. The molecular weight excluding hydrogens is 281 g/mol. The summed E-state index contributed by atoms with van der Waals surface area (Å²) < 4.78 is 0. The zero-order valence-electron chi connectivity index (χ0n) is 11.1. The average Bonchev–Trinajstić information content (AvgIpc) is 2.31. The van der Waals surface area contributed by atoms with E-state index in [2.05, 4.69) is 19.2 Å². The third kappa shape index (κ3) is 3.74. The number of amides is 1. The Morgan fingerprint density at radius 3 is 2.37 bits per heavy atom. The molecule has 0 heterocycles. The Labute approximate surface area is 123 Å². The molecule has 1 aliphatic rings. The quantitative estimate of drug-likeness (QED) is 0.759. The lowest BCUT2D eigenvalue weighted by molar-refractivity contribution is -0.120. The Morgan fingerprint density at radius 2 is 1.79 bits per heavy atom. The van der Waals surface area contributed by atoms with E-state index in [-0.39, 0.29) is 11.8 Å². The van der Waals surface area contributed by atoms with Gasteiger partial charge in [-0.25, -0.2) is 0 Å². The lowest BCUT2D eigenvalue weighted by atomic mass is 9.84. The Balaban J connectivity index is 2.06. The number of benzene rings is 1. The summed E-state index contributed by atoms with van der Waals surface area (Å²) in [6.07, 6.45) is 2.75. The van der Waals surface area contributed by atoms with Crippen molar-refractivity contribution in [1.29, 1.82) is 0 Å². The molecule has 0 spiro atoms. The van der Waals surface area contributed by atoms with Gasteiger partial charge in [-0.15, -0.1) is 0 Å². The van der Waals surface area contributed by atoms with E-state index in [1.54, 1.807) is 18.2 Å². The monoisotopic (exact) mass is 297 g/mol. The fraction of sp³-hybridized carbons (Fsp3) is 0.400. The summed E-state index contributed by atoms with van der Waals surface area (Å²) in [7, 11) is 0. The van der Waals surface area contributed by atoms with Crippen LogP contribution < -0.4 is 5.32 Å². The van der Waals surface area contributed by atoms with E-state index in [9.17, 15) is 4.79 Å². The molecule has 102 valence electrons. The average molecular weight is 298 g/mol. The second kappa shape index (κ2) is 5.98. The number of carbonyl (C=O) groups excluding carboxylic acids is 1. The molecule has 1 N–H and O–H groups in total. The lowest BCUT2D eigenvalue weighted by Crippen LogP contribution is -2.25. The molecule has 1 amide bonds. The van der Waals surface area contributed by atoms with Gasteiger partial charge >= 0.3 is 0 Å². The van der Waals surface area contributed by atoms with Crippen LogP contribution in [0.4, 0.5) is 5.69 Å². The number of nitrogens with one attached hydrogen (secondary N) is 1. The second-order valence-electron chi connectivity index (χ2n) is 5.15. The standard InChI is InChI=1S/C15H17Cl2NO/c1-9-3-4-11(5-10(9)2)15(19)18-14-7-12(16)6-13(17)8-14/h6-8,11H,3-5H2,1-2H3,(H,18,19). The van der Waals surface area contributed by atoms with Crippen LogP contribution >= 0.6 is 23.2 Å². The van der Waals surface area contributed by atoms with Gasteiger partial charge in [0.1, 0.15) is 0 Å². The lowest BCUT2D eigenvalue weighted by Gasteiger charge is -2.23. The first-order chi connectivity index (χ1) is 8.95. The Kier molecular flexibility index (Phi) is 4.54. The minimum Gasteiger partial charge on any atom is -0.326 e. The van der Waals surface area contributed by atoms with Gasteiger partial charge < -0.3 is 5.32 Å². The Hall–Kier alpha value is -0.990. The van der Waals surface area contributed by atoms with Gasteiger partial charge in [-0.05, 0) is 51.3 Å². The van der Waals surface area contributed by atoms with Gasteiger partial charge in [-0.1, -0.05) is 34.3 Å². The van der Waals surface area contributed by atoms with Crippen LogP contribution in [0.2, 0.25) is 10.0 Å². The van der Waals surface area contributed by atoms with Crippen LogP contribution in [-0.2, 0) is 4.79 Å². The summed E-state index contributed by atoms with van der Waals surface area (Å²) in [4.78, 5) is 12.2. The zero-order chi connectivity index (χ0) is 14.0. The first-order valence-electron chi connectivity index (χ1n) is 6.38. The van der Waals surface area contributed by atoms with Crippen LogP contribution in [0.25, 0.3) is 0 Å². The minimum absolute atomic E-state index is 0.0430. The van der Waals surface area contributed by atoms with Gasteiger partial charge in [0, 0.05) is 21.7 Å². The van der Waals surface area contributed by atoms with Crippen molar-refractivity contribution in [3.63, 3.8) is 0 Å². The van der Waals surface area contributed by atoms with Gasteiger partial charge in [0.2, 0.25) is 5.91 Å². The number of carbonyl (C=O) groups is 1. The van der Waals surface area contributed by atoms with Crippen molar-refractivity contribution < 1.29 is 4.79 Å². The molecule has 19 heavy (non-hydrogen) atoms. The molecule has 0 saturated carbocycles. The van der Waals surface area contributed by atoms with Crippen molar-refractivity contribution in [2.24, 2.45) is 5.92 Å². The SMILES string of the molecule is CC1=C(C)CC(C(=O)Nc2cc(Cl)cc(Cl)c2)CC1. The molecule has 1 aromatic carbocycles. The van der Waals surface area contributed by atoms with Crippen molar-refractivity contribution in [2.75, 3.05) is 5.32 Å². The third-order valence-corrected chi connectivity index (χ3v) is 4.09. The molecule has 0 radical (unpaired) electrons. The molecular formula is C15H17Cl2NO. The number of halogens is 2. The maximum atomic E-state index is 12.2. The molecule has 0 aliphatic heterocycles. The highest BCUT2D eigenvalue weighted by Crippen LogP contribution is 2.30. The minimum atomic E-state index is 0.0430. The topological polar surface area (TPSA) is 29.1 Å². The van der Waals surface area contributed by atoms with E-state index in [0.717, 1.165) is 19.3 Å². The molecule has 4 heteroatoms. The van der Waals surface area contributed by atoms with Crippen molar-refractivity contribution in [3.8, 4) is 0 Å². The summed E-state index contributed by atoms with van der Waals surface area (Å²) in [6, 6.07) is 5.07. The van der Waals surface area contributed by atoms with Gasteiger partial charge in [0.05, 0.1) is 0 Å². The molecule has 0 fully saturated rings. The number of hydrogen-bond donors (Lipinski definition) is 1. The number of allylic oxidation sites excluding steroid dienone is 2.